The molecule has 0 unspecified atom stereocenters. The van der Waals surface area contributed by atoms with Gasteiger partial charge in [0, 0.05) is 50.1 Å². The Kier molecular flexibility index (Phi) is 12.0. The Morgan fingerprint density at radius 2 is 1.67 bits per heavy atom. The van der Waals surface area contributed by atoms with Gasteiger partial charge in [-0.25, -0.2) is 9.59 Å². The van der Waals surface area contributed by atoms with Crippen LogP contribution in [0.15, 0.2) is 54.6 Å². The van der Waals surface area contributed by atoms with Crippen LogP contribution >= 0.6 is 0 Å². The Morgan fingerprint density at radius 1 is 0.968 bits per heavy atom. The number of carbonyl (C=O) groups is 6. The summed E-state index contributed by atoms with van der Waals surface area (Å²) in [5.74, 6) is -4.53. The number of cyclic esters (lactones) is 1. The number of benzene rings is 2. The third kappa shape index (κ3) is 8.85. The largest absolute Gasteiger partial charge is 0.462 e. The highest BCUT2D eigenvalue weighted by molar-refractivity contribution is 5.94. The molecule has 1 spiro atoms. The zero-order valence-electron chi connectivity index (χ0n) is 36.1. The Balaban J connectivity index is 1.01. The van der Waals surface area contributed by atoms with Crippen molar-refractivity contribution in [2.75, 3.05) is 19.8 Å². The van der Waals surface area contributed by atoms with Gasteiger partial charge in [0.1, 0.15) is 42.0 Å². The number of amides is 2. The van der Waals surface area contributed by atoms with Gasteiger partial charge in [-0.1, -0.05) is 62.4 Å². The molecule has 0 aromatic heterocycles. The summed E-state index contributed by atoms with van der Waals surface area (Å²) in [6.07, 6.45) is -0.742. The zero-order valence-corrected chi connectivity index (χ0v) is 36.1. The van der Waals surface area contributed by atoms with Crippen LogP contribution in [0.5, 0.6) is 0 Å². The van der Waals surface area contributed by atoms with E-state index in [-0.39, 0.29) is 45.4 Å². The second-order valence-corrected chi connectivity index (χ2v) is 18.9. The molecule has 3 N–H and O–H groups in total. The summed E-state index contributed by atoms with van der Waals surface area (Å²) in [5, 5.41) is 17.0. The molecule has 2 aromatic rings. The van der Waals surface area contributed by atoms with Gasteiger partial charge in [-0.15, -0.1) is 0 Å². The van der Waals surface area contributed by atoms with Crippen molar-refractivity contribution in [2.24, 2.45) is 10.8 Å². The number of hydrogen-bond acceptors (Lipinski definition) is 15. The van der Waals surface area contributed by atoms with E-state index in [2.05, 4.69) is 10.6 Å². The van der Waals surface area contributed by atoms with Gasteiger partial charge in [-0.2, -0.15) is 5.06 Å². The predicted octanol–water partition coefficient (Wildman–Crippen LogP) is 2.38. The van der Waals surface area contributed by atoms with E-state index in [4.69, 9.17) is 33.3 Å². The van der Waals surface area contributed by atoms with Gasteiger partial charge in [-0.3, -0.25) is 24.0 Å². The van der Waals surface area contributed by atoms with E-state index >= 15 is 0 Å². The third-order valence-corrected chi connectivity index (χ3v) is 12.6. The molecule has 4 aliphatic heterocycles. The highest BCUT2D eigenvalue weighted by Gasteiger charge is 2.76. The molecule has 17 heteroatoms. The second-order valence-electron chi connectivity index (χ2n) is 18.9. The summed E-state index contributed by atoms with van der Waals surface area (Å²) in [7, 11) is 0. The van der Waals surface area contributed by atoms with Crippen molar-refractivity contribution < 1.29 is 67.1 Å². The number of fused-ring (bicyclic) bond motifs is 5. The van der Waals surface area contributed by atoms with E-state index < -0.39 is 107 Å². The van der Waals surface area contributed by atoms with Crippen LogP contribution in [0.3, 0.4) is 0 Å². The Labute approximate surface area is 365 Å². The van der Waals surface area contributed by atoms with E-state index in [0.717, 1.165) is 11.1 Å². The van der Waals surface area contributed by atoms with Gasteiger partial charge in [0.05, 0.1) is 19.2 Å². The molecule has 8 atom stereocenters. The minimum absolute atomic E-state index is 0.00982. The van der Waals surface area contributed by atoms with Gasteiger partial charge < -0.3 is 44.2 Å². The van der Waals surface area contributed by atoms with Crippen molar-refractivity contribution in [3.63, 3.8) is 0 Å². The number of aliphatic hydroxyl groups excluding tert-OH is 1. The van der Waals surface area contributed by atoms with E-state index in [0.29, 0.717) is 24.0 Å². The van der Waals surface area contributed by atoms with Crippen molar-refractivity contribution >= 4 is 41.8 Å². The van der Waals surface area contributed by atoms with Crippen LogP contribution in [0.1, 0.15) is 82.6 Å². The number of carbonyl (C=O) groups excluding carboxylic acids is 6. The summed E-state index contributed by atoms with van der Waals surface area (Å²) in [4.78, 5) is 86.3. The fourth-order valence-corrected chi connectivity index (χ4v) is 9.66. The van der Waals surface area contributed by atoms with E-state index in [1.165, 1.54) is 11.1 Å². The lowest BCUT2D eigenvalue weighted by molar-refractivity contribution is -0.217. The first kappa shape index (κ1) is 44.4. The normalized spacial score (nSPS) is 29.1. The van der Waals surface area contributed by atoms with Gasteiger partial charge in [-0.05, 0) is 55.5 Å². The topological polar surface area (TPSA) is 215 Å². The lowest BCUT2D eigenvalue weighted by atomic mass is 9.62. The van der Waals surface area contributed by atoms with Crippen LogP contribution < -0.4 is 10.6 Å². The molecular weight excluding hydrogens is 819 g/mol. The number of nitrogens with zero attached hydrogens (tertiary/aromatic N) is 1. The van der Waals surface area contributed by atoms with Gasteiger partial charge in [0.25, 0.3) is 0 Å². The number of aliphatic hydroxyl groups is 1. The summed E-state index contributed by atoms with van der Waals surface area (Å²) in [6, 6.07) is 13.1. The standard InChI is InChI=1S/C46H55N3O14/c1-43(2,3)60-34(53)17-15-30(24-50)48-32(51)18-19-47-42(56)46-22-31-35-36(62-45(61-35)20-27-11-7-8-12-28(27)21-45)38(46)63-49(37(46)40(54)58-31)23-29-13-9-6-10-26(29)14-16-33(52)59-39-41(55)57-25-44(39,4)5/h6-14,16,30-31,35-39,50H,15,17-25H2,1-5H3,(H,47,56)(H,48,51)/t30-,31+,35-,36-,37-,38+,39-,46-/m0/s1. The van der Waals surface area contributed by atoms with Crippen molar-refractivity contribution in [3.8, 4) is 0 Å². The maximum atomic E-state index is 14.8. The van der Waals surface area contributed by atoms with Gasteiger partial charge in [0.15, 0.2) is 11.8 Å². The Hall–Kier alpha value is -5.20. The number of nitrogens with one attached hydrogen (secondary N) is 2. The first-order chi connectivity index (χ1) is 29.9. The predicted molar refractivity (Wildman–Crippen MR) is 219 cm³/mol. The van der Waals surface area contributed by atoms with Gasteiger partial charge >= 0.3 is 23.9 Å². The molecule has 17 nitrogen and oxygen atoms in total. The highest BCUT2D eigenvalue weighted by atomic mass is 16.8. The van der Waals surface area contributed by atoms with E-state index in [1.807, 2.05) is 24.3 Å². The number of hydroxylamine groups is 2. The molecule has 8 rings (SSSR count). The van der Waals surface area contributed by atoms with Gasteiger partial charge in [0.2, 0.25) is 17.9 Å². The molecule has 2 aromatic carbocycles. The molecule has 0 radical (unpaired) electrons. The maximum Gasteiger partial charge on any atom is 0.348 e. The summed E-state index contributed by atoms with van der Waals surface area (Å²) in [6.45, 7) is 8.40. The Morgan fingerprint density at radius 3 is 2.35 bits per heavy atom. The van der Waals surface area contributed by atoms with Crippen molar-refractivity contribution in [2.45, 2.75) is 134 Å². The summed E-state index contributed by atoms with van der Waals surface area (Å²) >= 11 is 0. The number of hydrogen-bond donors (Lipinski definition) is 3. The fourth-order valence-electron chi connectivity index (χ4n) is 9.66. The molecule has 338 valence electrons. The molecular formula is C46H55N3O14. The molecule has 2 bridgehead atoms. The smallest absolute Gasteiger partial charge is 0.348 e. The molecule has 4 heterocycles. The molecule has 1 saturated carbocycles. The van der Waals surface area contributed by atoms with Crippen LogP contribution in [0, 0.1) is 10.8 Å². The highest BCUT2D eigenvalue weighted by Crippen LogP contribution is 2.58. The number of rotatable bonds is 14. The maximum absolute atomic E-state index is 14.8. The lowest BCUT2D eigenvalue weighted by Crippen LogP contribution is -2.69. The second kappa shape index (κ2) is 17.1. The van der Waals surface area contributed by atoms with Crippen molar-refractivity contribution in [3.05, 3.63) is 76.9 Å². The third-order valence-electron chi connectivity index (χ3n) is 12.6. The summed E-state index contributed by atoms with van der Waals surface area (Å²) in [5.41, 5.74) is 0.472. The molecule has 2 amide bonds. The molecule has 6 aliphatic rings. The molecule has 4 saturated heterocycles. The lowest BCUT2D eigenvalue weighted by Gasteiger charge is -2.48. The number of esters is 4. The van der Waals surface area contributed by atoms with Crippen molar-refractivity contribution in [1.82, 2.24) is 15.7 Å². The quantitative estimate of drug-likeness (QED) is 0.141. The van der Waals surface area contributed by atoms with E-state index in [9.17, 15) is 33.9 Å². The van der Waals surface area contributed by atoms with Crippen LogP contribution in [0.4, 0.5) is 0 Å². The van der Waals surface area contributed by atoms with Crippen LogP contribution in [-0.4, -0.2) is 120 Å². The minimum Gasteiger partial charge on any atom is -0.462 e. The first-order valence-corrected chi connectivity index (χ1v) is 21.5. The van der Waals surface area contributed by atoms with Crippen LogP contribution in [0.2, 0.25) is 0 Å². The average molecular weight is 874 g/mol. The Bertz CT molecular complexity index is 2160. The monoisotopic (exact) mass is 873 g/mol. The van der Waals surface area contributed by atoms with Crippen LogP contribution in [-0.2, 0) is 81.4 Å². The molecule has 63 heavy (non-hydrogen) atoms. The average Bonchev–Trinajstić information content (AvgIpc) is 3.96. The minimum atomic E-state index is -1.53. The summed E-state index contributed by atoms with van der Waals surface area (Å²) < 4.78 is 35.6. The molecule has 2 aliphatic carbocycles. The number of ether oxygens (including phenoxy) is 6. The molecule has 5 fully saturated rings. The SMILES string of the molecule is CC(C)(C)OC(=O)CC[C@@H](CO)NC(=O)CCNC(=O)[C@@]12C[C@H]3OC(=O)[C@@H]1N(Cc1ccccc1C=CC(=O)O[C@H]1C(=O)OCC1(C)C)O[C@@H]2[C@H]1OC2(Cc4ccccc4C2)O[C@H]13. The van der Waals surface area contributed by atoms with E-state index in [1.54, 1.807) is 65.0 Å². The first-order valence-electron chi connectivity index (χ1n) is 21.5. The van der Waals surface area contributed by atoms with Crippen LogP contribution in [0.25, 0.3) is 6.08 Å². The zero-order chi connectivity index (χ0) is 44.9. The fraction of sp³-hybridized carbons (Fsp3) is 0.565. The van der Waals surface area contributed by atoms with Crippen molar-refractivity contribution in [1.29, 1.82) is 0 Å².